The lowest BCUT2D eigenvalue weighted by molar-refractivity contribution is 0.0749. The van der Waals surface area contributed by atoms with Crippen LogP contribution in [0.2, 0.25) is 0 Å². The van der Waals surface area contributed by atoms with Crippen molar-refractivity contribution in [3.8, 4) is 6.07 Å². The molecule has 0 aromatic heterocycles. The predicted octanol–water partition coefficient (Wildman–Crippen LogP) is 1.37. The maximum atomic E-state index is 8.75. The smallest absolute Gasteiger partial charge is 0.0991 e. The number of nitrogens with one attached hydrogen (secondary N) is 1. The summed E-state index contributed by atoms with van der Waals surface area (Å²) in [6, 6.07) is 10.3. The maximum Gasteiger partial charge on any atom is 0.0991 e. The van der Waals surface area contributed by atoms with E-state index in [4.69, 9.17) is 10.00 Å². The van der Waals surface area contributed by atoms with Crippen molar-refractivity contribution in [2.24, 2.45) is 0 Å². The lowest BCUT2D eigenvalue weighted by atomic mass is 10.1. The number of nitrogens with zero attached hydrogens (tertiary/aromatic N) is 2. The number of rotatable bonds is 4. The van der Waals surface area contributed by atoms with Crippen molar-refractivity contribution in [1.29, 1.82) is 5.26 Å². The molecule has 1 aliphatic rings. The van der Waals surface area contributed by atoms with Gasteiger partial charge in [-0.05, 0) is 30.7 Å². The number of hydrogen-bond donors (Lipinski definition) is 1. The molecule has 0 saturated carbocycles. The van der Waals surface area contributed by atoms with E-state index >= 15 is 0 Å². The number of ether oxygens (including phenoxy) is 1. The van der Waals surface area contributed by atoms with Gasteiger partial charge in [-0.25, -0.2) is 0 Å². The second-order valence-corrected chi connectivity index (χ2v) is 4.59. The van der Waals surface area contributed by atoms with Crippen LogP contribution in [0.4, 0.5) is 5.69 Å². The minimum atomic E-state index is 0.458. The molecule has 2 rings (SSSR count). The molecular weight excluding hydrogens is 226 g/mol. The normalized spacial score (nSPS) is 19.2. The van der Waals surface area contributed by atoms with Crippen LogP contribution in [0.1, 0.15) is 12.0 Å². The van der Waals surface area contributed by atoms with E-state index in [2.05, 4.69) is 23.3 Å². The Kier molecular flexibility index (Phi) is 4.57. The van der Waals surface area contributed by atoms with Crippen molar-refractivity contribution in [1.82, 2.24) is 5.32 Å². The fourth-order valence-corrected chi connectivity index (χ4v) is 2.07. The van der Waals surface area contributed by atoms with Gasteiger partial charge in [0.1, 0.15) is 0 Å². The minimum Gasteiger partial charge on any atom is -0.379 e. The van der Waals surface area contributed by atoms with Gasteiger partial charge in [-0.15, -0.1) is 0 Å². The summed E-state index contributed by atoms with van der Waals surface area (Å²) in [5, 5.41) is 12.2. The summed E-state index contributed by atoms with van der Waals surface area (Å²) >= 11 is 0. The number of benzene rings is 1. The molecule has 1 heterocycles. The molecule has 0 spiro atoms. The summed E-state index contributed by atoms with van der Waals surface area (Å²) < 4.78 is 5.43. The molecule has 0 bridgehead atoms. The average molecular weight is 245 g/mol. The van der Waals surface area contributed by atoms with Crippen LogP contribution < -0.4 is 10.2 Å². The quantitative estimate of drug-likeness (QED) is 0.870. The van der Waals surface area contributed by atoms with Crippen molar-refractivity contribution >= 4 is 5.69 Å². The zero-order chi connectivity index (χ0) is 12.8. The summed E-state index contributed by atoms with van der Waals surface area (Å²) in [5.41, 5.74) is 1.85. The Morgan fingerprint density at radius 3 is 2.83 bits per heavy atom. The Bertz CT molecular complexity index is 404. The summed E-state index contributed by atoms with van der Waals surface area (Å²) in [4.78, 5) is 2.21. The molecule has 1 N–H and O–H groups in total. The fourth-order valence-electron chi connectivity index (χ4n) is 2.07. The molecule has 0 amide bonds. The second-order valence-electron chi connectivity index (χ2n) is 4.59. The SMILES string of the molecule is CN(CCC1COCCN1)c1ccc(C#N)cc1. The van der Waals surface area contributed by atoms with Crippen LogP contribution in [0, 0.1) is 11.3 Å². The Morgan fingerprint density at radius 1 is 1.44 bits per heavy atom. The molecule has 1 saturated heterocycles. The third kappa shape index (κ3) is 3.46. The van der Waals surface area contributed by atoms with E-state index in [9.17, 15) is 0 Å². The molecule has 4 nitrogen and oxygen atoms in total. The van der Waals surface area contributed by atoms with Gasteiger partial charge in [0.05, 0.1) is 24.8 Å². The summed E-state index contributed by atoms with van der Waals surface area (Å²) in [6.45, 7) is 3.56. The summed E-state index contributed by atoms with van der Waals surface area (Å²) in [6.07, 6.45) is 1.07. The van der Waals surface area contributed by atoms with Crippen molar-refractivity contribution < 1.29 is 4.74 Å². The van der Waals surface area contributed by atoms with Gasteiger partial charge in [0.2, 0.25) is 0 Å². The van der Waals surface area contributed by atoms with Gasteiger partial charge in [0, 0.05) is 31.9 Å². The lowest BCUT2D eigenvalue weighted by Gasteiger charge is -2.27. The zero-order valence-corrected chi connectivity index (χ0v) is 10.7. The van der Waals surface area contributed by atoms with Gasteiger partial charge in [-0.2, -0.15) is 5.26 Å². The minimum absolute atomic E-state index is 0.458. The first-order valence-corrected chi connectivity index (χ1v) is 6.32. The number of anilines is 1. The topological polar surface area (TPSA) is 48.3 Å². The zero-order valence-electron chi connectivity index (χ0n) is 10.7. The Labute approximate surface area is 108 Å². The van der Waals surface area contributed by atoms with E-state index in [0.717, 1.165) is 38.4 Å². The Balaban J connectivity index is 1.83. The molecule has 0 radical (unpaired) electrons. The highest BCUT2D eigenvalue weighted by atomic mass is 16.5. The largest absolute Gasteiger partial charge is 0.379 e. The molecule has 1 aromatic carbocycles. The highest BCUT2D eigenvalue weighted by molar-refractivity contribution is 5.48. The Hall–Kier alpha value is -1.57. The third-order valence-corrected chi connectivity index (χ3v) is 3.25. The van der Waals surface area contributed by atoms with E-state index in [0.29, 0.717) is 11.6 Å². The molecule has 4 heteroatoms. The van der Waals surface area contributed by atoms with Crippen molar-refractivity contribution in [3.63, 3.8) is 0 Å². The molecule has 1 atom stereocenters. The van der Waals surface area contributed by atoms with E-state index in [1.54, 1.807) is 0 Å². The number of hydrogen-bond acceptors (Lipinski definition) is 4. The van der Waals surface area contributed by atoms with Crippen molar-refractivity contribution in [2.75, 3.05) is 38.3 Å². The summed E-state index contributed by atoms with van der Waals surface area (Å²) in [7, 11) is 2.07. The molecule has 1 aliphatic heterocycles. The summed E-state index contributed by atoms with van der Waals surface area (Å²) in [5.74, 6) is 0. The van der Waals surface area contributed by atoms with Crippen LogP contribution in [-0.2, 0) is 4.74 Å². The maximum absolute atomic E-state index is 8.75. The molecular formula is C14H19N3O. The fraction of sp³-hybridized carbons (Fsp3) is 0.500. The van der Waals surface area contributed by atoms with Crippen LogP contribution in [0.15, 0.2) is 24.3 Å². The first kappa shape index (κ1) is 12.9. The number of morpholine rings is 1. The standard InChI is InChI=1S/C14H19N3O/c1-17(8-6-13-11-18-9-7-16-13)14-4-2-12(10-15)3-5-14/h2-5,13,16H,6-9,11H2,1H3. The van der Waals surface area contributed by atoms with Crippen LogP contribution in [0.3, 0.4) is 0 Å². The van der Waals surface area contributed by atoms with Gasteiger partial charge in [0.25, 0.3) is 0 Å². The van der Waals surface area contributed by atoms with Crippen molar-refractivity contribution in [2.45, 2.75) is 12.5 Å². The first-order chi connectivity index (χ1) is 8.79. The molecule has 1 aromatic rings. The monoisotopic (exact) mass is 245 g/mol. The second kappa shape index (κ2) is 6.39. The van der Waals surface area contributed by atoms with Crippen molar-refractivity contribution in [3.05, 3.63) is 29.8 Å². The highest BCUT2D eigenvalue weighted by Gasteiger charge is 2.13. The van der Waals surface area contributed by atoms with Crippen LogP contribution in [-0.4, -0.2) is 39.4 Å². The molecule has 1 fully saturated rings. The van der Waals surface area contributed by atoms with E-state index in [1.807, 2.05) is 24.3 Å². The predicted molar refractivity (Wildman–Crippen MR) is 71.7 cm³/mol. The number of nitriles is 1. The first-order valence-electron chi connectivity index (χ1n) is 6.32. The van der Waals surface area contributed by atoms with Gasteiger partial charge in [-0.3, -0.25) is 0 Å². The van der Waals surface area contributed by atoms with Crippen LogP contribution in [0.25, 0.3) is 0 Å². The molecule has 96 valence electrons. The van der Waals surface area contributed by atoms with Gasteiger partial charge in [0.15, 0.2) is 0 Å². The van der Waals surface area contributed by atoms with Gasteiger partial charge in [-0.1, -0.05) is 0 Å². The third-order valence-electron chi connectivity index (χ3n) is 3.25. The Morgan fingerprint density at radius 2 is 2.22 bits per heavy atom. The highest BCUT2D eigenvalue weighted by Crippen LogP contribution is 2.14. The van der Waals surface area contributed by atoms with E-state index < -0.39 is 0 Å². The lowest BCUT2D eigenvalue weighted by Crippen LogP contribution is -2.42. The van der Waals surface area contributed by atoms with Gasteiger partial charge >= 0.3 is 0 Å². The molecule has 0 aliphatic carbocycles. The van der Waals surface area contributed by atoms with E-state index in [1.165, 1.54) is 0 Å². The van der Waals surface area contributed by atoms with Crippen LogP contribution in [0.5, 0.6) is 0 Å². The average Bonchev–Trinajstić information content (AvgIpc) is 2.46. The van der Waals surface area contributed by atoms with E-state index in [-0.39, 0.29) is 0 Å². The molecule has 18 heavy (non-hydrogen) atoms. The van der Waals surface area contributed by atoms with Gasteiger partial charge < -0.3 is 15.0 Å². The molecule has 1 unspecified atom stereocenters. The van der Waals surface area contributed by atoms with Crippen LogP contribution >= 0.6 is 0 Å².